The molecule has 0 aromatic carbocycles. The van der Waals surface area contributed by atoms with Crippen molar-refractivity contribution in [3.8, 4) is 0 Å². The molecule has 2 heterocycles. The van der Waals surface area contributed by atoms with Crippen LogP contribution in [0.4, 0.5) is 5.82 Å². The number of carbonyl (C=O) groups excluding carboxylic acids is 1. The van der Waals surface area contributed by atoms with E-state index >= 15 is 0 Å². The van der Waals surface area contributed by atoms with Gasteiger partial charge in [0.2, 0.25) is 0 Å². The topological polar surface area (TPSA) is 69.6 Å². The van der Waals surface area contributed by atoms with Gasteiger partial charge in [-0.3, -0.25) is 9.20 Å². The molecule has 0 saturated heterocycles. The van der Waals surface area contributed by atoms with Crippen molar-refractivity contribution in [3.63, 3.8) is 0 Å². The van der Waals surface area contributed by atoms with Gasteiger partial charge < -0.3 is 10.5 Å². The van der Waals surface area contributed by atoms with Crippen molar-refractivity contribution in [2.75, 3.05) is 12.3 Å². The fraction of sp³-hybridized carbons (Fsp3) is 0.333. The van der Waals surface area contributed by atoms with Crippen LogP contribution in [0.5, 0.6) is 0 Å². The first kappa shape index (κ1) is 11.4. The molecular formula is C12H15N3O2. The summed E-state index contributed by atoms with van der Waals surface area (Å²) < 4.78 is 6.66. The predicted octanol–water partition coefficient (Wildman–Crippen LogP) is 1.33. The first-order valence-electron chi connectivity index (χ1n) is 5.50. The number of rotatable bonds is 3. The number of nitrogens with zero attached hydrogens (tertiary/aromatic N) is 2. The van der Waals surface area contributed by atoms with E-state index in [4.69, 9.17) is 10.5 Å². The highest BCUT2D eigenvalue weighted by atomic mass is 16.5. The zero-order chi connectivity index (χ0) is 12.4. The van der Waals surface area contributed by atoms with E-state index in [1.165, 1.54) is 0 Å². The van der Waals surface area contributed by atoms with Crippen molar-refractivity contribution in [2.24, 2.45) is 0 Å². The van der Waals surface area contributed by atoms with Crippen molar-refractivity contribution >= 4 is 17.4 Å². The van der Waals surface area contributed by atoms with Crippen LogP contribution < -0.4 is 5.73 Å². The van der Waals surface area contributed by atoms with Gasteiger partial charge >= 0.3 is 5.97 Å². The van der Waals surface area contributed by atoms with Crippen molar-refractivity contribution in [2.45, 2.75) is 20.3 Å². The monoisotopic (exact) mass is 233 g/mol. The number of pyridine rings is 1. The maximum Gasteiger partial charge on any atom is 0.312 e. The minimum Gasteiger partial charge on any atom is -0.466 e. The van der Waals surface area contributed by atoms with Gasteiger partial charge in [0.15, 0.2) is 0 Å². The molecule has 0 fully saturated rings. The average Bonchev–Trinajstić information content (AvgIpc) is 2.57. The van der Waals surface area contributed by atoms with Crippen LogP contribution in [-0.2, 0) is 16.0 Å². The summed E-state index contributed by atoms with van der Waals surface area (Å²) in [6, 6.07) is 3.83. The van der Waals surface area contributed by atoms with Crippen LogP contribution in [0, 0.1) is 6.92 Å². The third-order valence-corrected chi connectivity index (χ3v) is 2.50. The summed E-state index contributed by atoms with van der Waals surface area (Å²) in [7, 11) is 0. The highest BCUT2D eigenvalue weighted by Crippen LogP contribution is 2.16. The number of fused-ring (bicyclic) bond motifs is 1. The Morgan fingerprint density at radius 1 is 1.53 bits per heavy atom. The van der Waals surface area contributed by atoms with Crippen molar-refractivity contribution in [1.29, 1.82) is 0 Å². The number of nitrogen functional groups attached to an aromatic ring is 1. The zero-order valence-electron chi connectivity index (χ0n) is 9.93. The minimum atomic E-state index is -0.306. The van der Waals surface area contributed by atoms with Crippen LogP contribution in [-0.4, -0.2) is 22.0 Å². The number of ether oxygens (including phenoxy) is 1. The smallest absolute Gasteiger partial charge is 0.312 e. The average molecular weight is 233 g/mol. The summed E-state index contributed by atoms with van der Waals surface area (Å²) in [5.74, 6) is 0.191. The van der Waals surface area contributed by atoms with Gasteiger partial charge in [0.1, 0.15) is 11.5 Å². The molecule has 0 saturated carbocycles. The summed E-state index contributed by atoms with van der Waals surface area (Å²) in [5, 5.41) is 0. The van der Waals surface area contributed by atoms with Gasteiger partial charge in [-0.25, -0.2) is 4.98 Å². The molecule has 0 bridgehead atoms. The number of esters is 1. The molecule has 2 aromatic heterocycles. The number of hydrogen-bond acceptors (Lipinski definition) is 4. The second-order valence-electron chi connectivity index (χ2n) is 3.86. The standard InChI is InChI=1S/C12H15N3O2/c1-3-17-11(16)6-9-12(13)15-7-8(2)4-5-10(15)14-9/h4-5,7H,3,6,13H2,1-2H3. The Balaban J connectivity index is 2.35. The van der Waals surface area contributed by atoms with Crippen LogP contribution in [0.2, 0.25) is 0 Å². The molecule has 0 spiro atoms. The highest BCUT2D eigenvalue weighted by Gasteiger charge is 2.13. The number of nitrogens with two attached hydrogens (primary N) is 1. The number of aryl methyl sites for hydroxylation is 1. The van der Waals surface area contributed by atoms with Gasteiger partial charge in [-0.1, -0.05) is 6.07 Å². The molecule has 2 aromatic rings. The molecule has 90 valence electrons. The molecule has 0 aliphatic carbocycles. The quantitative estimate of drug-likeness (QED) is 0.812. The SMILES string of the molecule is CCOC(=O)Cc1nc2ccc(C)cn2c1N. The van der Waals surface area contributed by atoms with Gasteiger partial charge in [-0.2, -0.15) is 0 Å². The van der Waals surface area contributed by atoms with Crippen molar-refractivity contribution in [3.05, 3.63) is 29.6 Å². The first-order valence-corrected chi connectivity index (χ1v) is 5.50. The third kappa shape index (κ3) is 2.22. The molecule has 0 atom stereocenters. The number of imidazole rings is 1. The molecule has 0 aliphatic rings. The van der Waals surface area contributed by atoms with E-state index in [1.54, 1.807) is 11.3 Å². The largest absolute Gasteiger partial charge is 0.466 e. The molecule has 17 heavy (non-hydrogen) atoms. The second kappa shape index (κ2) is 4.45. The third-order valence-electron chi connectivity index (χ3n) is 2.50. The number of aromatic nitrogens is 2. The Morgan fingerprint density at radius 2 is 2.29 bits per heavy atom. The molecule has 0 radical (unpaired) electrons. The summed E-state index contributed by atoms with van der Waals surface area (Å²) in [5.41, 5.74) is 8.34. The van der Waals surface area contributed by atoms with Crippen molar-refractivity contribution < 1.29 is 9.53 Å². The van der Waals surface area contributed by atoms with E-state index in [9.17, 15) is 4.79 Å². The van der Waals surface area contributed by atoms with E-state index in [2.05, 4.69) is 4.98 Å². The molecular weight excluding hydrogens is 218 g/mol. The fourth-order valence-electron chi connectivity index (χ4n) is 1.70. The molecule has 2 rings (SSSR count). The Bertz CT molecular complexity index is 560. The molecule has 2 N–H and O–H groups in total. The number of carbonyl (C=O) groups is 1. The van der Waals surface area contributed by atoms with Gasteiger partial charge in [0.05, 0.1) is 18.7 Å². The summed E-state index contributed by atoms with van der Waals surface area (Å²) in [6.45, 7) is 4.11. The molecule has 5 heteroatoms. The molecule has 5 nitrogen and oxygen atoms in total. The van der Waals surface area contributed by atoms with E-state index < -0.39 is 0 Å². The summed E-state index contributed by atoms with van der Waals surface area (Å²) in [4.78, 5) is 15.7. The Morgan fingerprint density at radius 3 is 3.00 bits per heavy atom. The van der Waals surface area contributed by atoms with Crippen LogP contribution in [0.1, 0.15) is 18.2 Å². The lowest BCUT2D eigenvalue weighted by atomic mass is 10.3. The van der Waals surface area contributed by atoms with E-state index in [-0.39, 0.29) is 12.4 Å². The van der Waals surface area contributed by atoms with Crippen LogP contribution in [0.25, 0.3) is 5.65 Å². The molecule has 0 unspecified atom stereocenters. The van der Waals surface area contributed by atoms with Crippen LogP contribution >= 0.6 is 0 Å². The van der Waals surface area contributed by atoms with Crippen LogP contribution in [0.3, 0.4) is 0 Å². The predicted molar refractivity (Wildman–Crippen MR) is 64.7 cm³/mol. The normalized spacial score (nSPS) is 10.7. The number of anilines is 1. The second-order valence-corrected chi connectivity index (χ2v) is 3.86. The van der Waals surface area contributed by atoms with Crippen molar-refractivity contribution in [1.82, 2.24) is 9.38 Å². The van der Waals surface area contributed by atoms with Gasteiger partial charge in [-0.05, 0) is 25.5 Å². The zero-order valence-corrected chi connectivity index (χ0v) is 9.93. The molecule has 0 amide bonds. The van der Waals surface area contributed by atoms with Gasteiger partial charge in [0.25, 0.3) is 0 Å². The summed E-state index contributed by atoms with van der Waals surface area (Å²) >= 11 is 0. The fourth-order valence-corrected chi connectivity index (χ4v) is 1.70. The maximum atomic E-state index is 11.4. The van der Waals surface area contributed by atoms with E-state index in [1.807, 2.05) is 25.3 Å². The van der Waals surface area contributed by atoms with E-state index in [0.717, 1.165) is 11.2 Å². The van der Waals surface area contributed by atoms with E-state index in [0.29, 0.717) is 18.1 Å². The Kier molecular flexibility index (Phi) is 2.99. The Hall–Kier alpha value is -2.04. The first-order chi connectivity index (χ1) is 8.11. The minimum absolute atomic E-state index is 0.112. The maximum absolute atomic E-state index is 11.4. The lowest BCUT2D eigenvalue weighted by molar-refractivity contribution is -0.142. The van der Waals surface area contributed by atoms with Gasteiger partial charge in [0, 0.05) is 6.20 Å². The number of hydrogen-bond donors (Lipinski definition) is 1. The lowest BCUT2D eigenvalue weighted by Gasteiger charge is -2.00. The summed E-state index contributed by atoms with van der Waals surface area (Å²) in [6.07, 6.45) is 2.01. The van der Waals surface area contributed by atoms with Gasteiger partial charge in [-0.15, -0.1) is 0 Å². The Labute approximate surface area is 99.2 Å². The van der Waals surface area contributed by atoms with Crippen LogP contribution in [0.15, 0.2) is 18.3 Å². The molecule has 0 aliphatic heterocycles. The highest BCUT2D eigenvalue weighted by molar-refractivity contribution is 5.74. The lowest BCUT2D eigenvalue weighted by Crippen LogP contribution is -2.09.